The van der Waals surface area contributed by atoms with Crippen LogP contribution in [0.25, 0.3) is 21.8 Å². The third kappa shape index (κ3) is 27.3. The van der Waals surface area contributed by atoms with Gasteiger partial charge in [-0.05, 0) is 108 Å². The number of likely N-dealkylation sites (N-methyl/N-ethyl adjacent to an activating group) is 2. The summed E-state index contributed by atoms with van der Waals surface area (Å²) in [5, 5.41) is 43.0. The number of unbranched alkanes of at least 4 members (excludes halogenated alkanes) is 2. The molecule has 0 saturated carbocycles. The molecular weight excluding hydrogens is 1540 g/mol. The van der Waals surface area contributed by atoms with Crippen molar-refractivity contribution in [2.24, 2.45) is 0 Å². The monoisotopic (exact) mass is 1640 g/mol. The summed E-state index contributed by atoms with van der Waals surface area (Å²) >= 11 is 0. The minimum Gasteiger partial charge on any atom is -0.494 e. The number of halogens is 4. The molecule has 7 heterocycles. The number of aromatic nitrogens is 2. The lowest BCUT2D eigenvalue weighted by Crippen LogP contribution is -2.53. The number of amides is 9. The van der Waals surface area contributed by atoms with Crippen molar-refractivity contribution >= 4 is 93.9 Å². The van der Waals surface area contributed by atoms with E-state index in [9.17, 15) is 90.7 Å². The third-order valence-electron chi connectivity index (χ3n) is 21.1. The number of nitriles is 2. The molecule has 117 heavy (non-hydrogen) atoms. The summed E-state index contributed by atoms with van der Waals surface area (Å²) in [4.78, 5) is 181. The molecule has 9 amide bonds. The van der Waals surface area contributed by atoms with E-state index in [1.807, 2.05) is 19.6 Å². The normalized spacial score (nSPS) is 19.7. The quantitative estimate of drug-likeness (QED) is 0.0193. The average Bonchev–Trinajstić information content (AvgIpc) is 1.79. The van der Waals surface area contributed by atoms with Crippen LogP contribution in [0.3, 0.4) is 0 Å². The molecule has 2 aromatic heterocycles. The largest absolute Gasteiger partial charge is 0.494 e. The zero-order valence-corrected chi connectivity index (χ0v) is 65.5. The highest BCUT2D eigenvalue weighted by Gasteiger charge is 2.49. The summed E-state index contributed by atoms with van der Waals surface area (Å²) in [6.07, 6.45) is 4.21. The molecule has 0 unspecified atom stereocenters. The predicted octanol–water partition coefficient (Wildman–Crippen LogP) is -0.0896. The van der Waals surface area contributed by atoms with Gasteiger partial charge in [-0.2, -0.15) is 10.5 Å². The van der Waals surface area contributed by atoms with Crippen LogP contribution in [-0.2, 0) is 57.4 Å². The van der Waals surface area contributed by atoms with Gasteiger partial charge in [0, 0.05) is 146 Å². The molecule has 5 fully saturated rings. The molecule has 5 aliphatic heterocycles. The Balaban J connectivity index is 0.739. The number of nitrogens with zero attached hydrogens (tertiary/aromatic N) is 14. The molecule has 0 aliphatic carbocycles. The van der Waals surface area contributed by atoms with Crippen molar-refractivity contribution in [1.29, 1.82) is 10.5 Å². The number of hydrogen-bond acceptors (Lipinski definition) is 26. The molecule has 6 N–H and O–H groups in total. The van der Waals surface area contributed by atoms with Gasteiger partial charge in [-0.15, -0.1) is 0 Å². The third-order valence-corrected chi connectivity index (χ3v) is 21.1. The summed E-state index contributed by atoms with van der Waals surface area (Å²) in [6.45, 7) is 1.32. The molecule has 5 saturated heterocycles. The van der Waals surface area contributed by atoms with Crippen LogP contribution in [0, 0.1) is 22.7 Å². The number of alkyl halides is 4. The number of benzene rings is 2. The molecule has 634 valence electrons. The van der Waals surface area contributed by atoms with Gasteiger partial charge in [-0.3, -0.25) is 96.9 Å². The van der Waals surface area contributed by atoms with Crippen LogP contribution >= 0.6 is 0 Å². The Hall–Kier alpha value is -11.0. The number of rotatable bonds is 39. The first-order chi connectivity index (χ1) is 56.1. The van der Waals surface area contributed by atoms with Gasteiger partial charge in [0.25, 0.3) is 36.6 Å². The van der Waals surface area contributed by atoms with Gasteiger partial charge < -0.3 is 70.2 Å². The van der Waals surface area contributed by atoms with Crippen molar-refractivity contribution in [2.45, 2.75) is 106 Å². The molecule has 4 aromatic rings. The van der Waals surface area contributed by atoms with E-state index in [4.69, 9.17) is 18.9 Å². The van der Waals surface area contributed by atoms with Crippen LogP contribution in [0.15, 0.2) is 60.9 Å². The second kappa shape index (κ2) is 43.8. The first kappa shape index (κ1) is 89.9. The summed E-state index contributed by atoms with van der Waals surface area (Å²) < 4.78 is 78.0. The average molecular weight is 1640 g/mol. The summed E-state index contributed by atoms with van der Waals surface area (Å²) in [5.74, 6) is -11.4. The molecule has 9 rings (SSSR count). The fraction of sp³-hybridized carbons (Fsp3) is 0.584. The van der Waals surface area contributed by atoms with Crippen molar-refractivity contribution in [3.63, 3.8) is 0 Å². The predicted molar refractivity (Wildman–Crippen MR) is 409 cm³/mol. The molecule has 36 nitrogen and oxygen atoms in total. The Morgan fingerprint density at radius 1 is 0.573 bits per heavy atom. The number of aliphatic carboxylic acids is 1. The molecular formula is C77H101F4N19O17. The maximum atomic E-state index is 14.8. The van der Waals surface area contributed by atoms with Crippen LogP contribution in [0.1, 0.15) is 84.9 Å². The summed E-state index contributed by atoms with van der Waals surface area (Å²) in [6, 6.07) is 11.9. The lowest BCUT2D eigenvalue weighted by molar-refractivity contribution is -0.139. The van der Waals surface area contributed by atoms with Crippen LogP contribution in [0.5, 0.6) is 11.5 Å². The summed E-state index contributed by atoms with van der Waals surface area (Å²) in [7, 11) is 3.56. The Morgan fingerprint density at radius 2 is 1.01 bits per heavy atom. The zero-order chi connectivity index (χ0) is 84.2. The van der Waals surface area contributed by atoms with Crippen molar-refractivity contribution in [3.05, 3.63) is 72.1 Å². The molecule has 0 spiro atoms. The van der Waals surface area contributed by atoms with Crippen molar-refractivity contribution in [1.82, 2.24) is 85.6 Å². The van der Waals surface area contributed by atoms with Gasteiger partial charge in [0.2, 0.25) is 41.4 Å². The Kier molecular flexibility index (Phi) is 33.6. The smallest absolute Gasteiger partial charge is 0.317 e. The van der Waals surface area contributed by atoms with Crippen LogP contribution in [0.4, 0.5) is 17.6 Å². The molecule has 40 heteroatoms. The van der Waals surface area contributed by atoms with E-state index in [1.54, 1.807) is 82.2 Å². The topological polar surface area (TPSA) is 428 Å². The summed E-state index contributed by atoms with van der Waals surface area (Å²) in [5.41, 5.74) is 1.22. The van der Waals surface area contributed by atoms with E-state index in [0.717, 1.165) is 9.80 Å². The fourth-order valence-electron chi connectivity index (χ4n) is 14.6. The van der Waals surface area contributed by atoms with E-state index < -0.39 is 110 Å². The second-order valence-corrected chi connectivity index (χ2v) is 29.7. The van der Waals surface area contributed by atoms with Gasteiger partial charge in [-0.25, -0.2) is 17.6 Å². The highest BCUT2D eigenvalue weighted by atomic mass is 19.3. The van der Waals surface area contributed by atoms with Gasteiger partial charge in [-0.1, -0.05) is 0 Å². The number of ether oxygens (including phenoxy) is 4. The zero-order valence-electron chi connectivity index (χ0n) is 65.5. The maximum absolute atomic E-state index is 14.8. The van der Waals surface area contributed by atoms with E-state index in [-0.39, 0.29) is 152 Å². The van der Waals surface area contributed by atoms with E-state index in [1.165, 1.54) is 24.5 Å². The highest BCUT2D eigenvalue weighted by molar-refractivity contribution is 6.08. The number of carbonyl (C=O) groups is 12. The standard InChI is InChI=1S/C77H101F4N19O17/c1-91(43-66(103)86-17-3-5-31-116-57-7-9-63-61(33-57)59(13-19-84-63)73(111)88-39-70(107)99-47-76(78,79)35-55(99)37-82)53-15-21-97(41-53)69(106)12-11-65(90-68(105)45-93-23-24-94(46-72(109)110)26-28-96(50-115-52-102)30-29-95(27-25-93)49-114-51-101)75(113)98-22-16-54(42-98)92(2)44-67(104)87-18-4-6-32-117-58-8-10-64-62(34-58)60(14-20-85-64)74(112)89-40-71(108)100-48-77(80,81)36-56(100)38-83/h7-10,13-14,19-20,33-34,51-56,65H,3-6,11-12,15-18,21-32,35-36,39-50H2,1-2H3,(H,86,103)(H,87,104)(H,88,111)(H,89,112)(H,90,105)(H,109,110)/t53-,54-,55+,56+,65+/m1/s1. The maximum Gasteiger partial charge on any atom is 0.317 e. The van der Waals surface area contributed by atoms with Crippen molar-refractivity contribution < 1.29 is 99.2 Å². The lowest BCUT2D eigenvalue weighted by Gasteiger charge is -2.33. The van der Waals surface area contributed by atoms with Gasteiger partial charge in [0.1, 0.15) is 43.1 Å². The lowest BCUT2D eigenvalue weighted by atomic mass is 10.1. The Morgan fingerprint density at radius 3 is 1.45 bits per heavy atom. The van der Waals surface area contributed by atoms with E-state index >= 15 is 0 Å². The van der Waals surface area contributed by atoms with Crippen LogP contribution < -0.4 is 36.1 Å². The van der Waals surface area contributed by atoms with Gasteiger partial charge in [0.05, 0.1) is 99.9 Å². The number of carboxylic acid groups (broad SMARTS) is 1. The fourth-order valence-corrected chi connectivity index (χ4v) is 14.6. The number of carbonyl (C=O) groups excluding carboxylic acids is 11. The molecule has 5 atom stereocenters. The number of fused-ring (bicyclic) bond motifs is 2. The number of hydrogen-bond donors (Lipinski definition) is 6. The first-order valence-electron chi connectivity index (χ1n) is 38.9. The molecule has 0 radical (unpaired) electrons. The second-order valence-electron chi connectivity index (χ2n) is 29.7. The van der Waals surface area contributed by atoms with Gasteiger partial charge >= 0.3 is 5.97 Å². The van der Waals surface area contributed by atoms with E-state index in [2.05, 4.69) is 36.6 Å². The minimum absolute atomic E-state index is 0.0104. The van der Waals surface area contributed by atoms with Crippen molar-refractivity contribution in [3.8, 4) is 23.6 Å². The van der Waals surface area contributed by atoms with Crippen molar-refractivity contribution in [2.75, 3.05) is 185 Å². The van der Waals surface area contributed by atoms with Crippen LogP contribution in [-0.4, -0.2) is 363 Å². The SMILES string of the molecule is CN(CC(=O)NCCCCOc1ccc2nccc(C(=O)NCC(=O)N3CC(F)(F)C[C@H]3C#N)c2c1)[C@@H]1CCN(C(=O)CC[C@H](NC(=O)CN2CCN(COC=O)CCN(COC=O)CCN(CC(=O)O)CC2)C(=O)N2CC[C@@H](N(C)CC(=O)NCCCCOc3ccc4nccc(C(=O)NCC(=O)N5CC(F)(F)C[C@H]5C#N)c4c3)C2)C1. The number of carboxylic acids is 1. The Bertz CT molecular complexity index is 4260. The molecule has 0 bridgehead atoms. The van der Waals surface area contributed by atoms with Gasteiger partial charge in [0.15, 0.2) is 0 Å². The highest BCUT2D eigenvalue weighted by Crippen LogP contribution is 2.34. The first-order valence-corrected chi connectivity index (χ1v) is 38.9. The molecule has 5 aliphatic rings. The number of nitrogens with one attached hydrogen (secondary N) is 5. The Labute approximate surface area is 673 Å². The van der Waals surface area contributed by atoms with E-state index in [0.29, 0.717) is 131 Å². The minimum atomic E-state index is -3.21. The number of pyridine rings is 2. The number of likely N-dealkylation sites (tertiary alicyclic amines) is 4. The van der Waals surface area contributed by atoms with Crippen LogP contribution in [0.2, 0.25) is 0 Å². The molecule has 2 aromatic carbocycles.